The molecule has 0 bridgehead atoms. The van der Waals surface area contributed by atoms with Gasteiger partial charge in [0.2, 0.25) is 0 Å². The molecule has 1 heterocycles. The van der Waals surface area contributed by atoms with E-state index >= 15 is 0 Å². The molecular weight excluding hydrogens is 516 g/mol. The second-order valence-electron chi connectivity index (χ2n) is 6.48. The van der Waals surface area contributed by atoms with E-state index in [2.05, 4.69) is 31.3 Å². The van der Waals surface area contributed by atoms with Crippen LogP contribution >= 0.6 is 34.9 Å². The molecule has 3 rings (SSSR count). The van der Waals surface area contributed by atoms with Gasteiger partial charge in [0, 0.05) is 23.3 Å². The van der Waals surface area contributed by atoms with Crippen LogP contribution < -0.4 is 10.9 Å². The third kappa shape index (κ3) is 8.47. The van der Waals surface area contributed by atoms with Crippen molar-refractivity contribution in [3.8, 4) is 23.0 Å². The van der Waals surface area contributed by atoms with Crippen molar-refractivity contribution in [3.05, 3.63) is 47.5 Å². The molecule has 0 radical (unpaired) electrons. The Kier molecular flexibility index (Phi) is 9.28. The molecule has 2 aromatic carbocycles. The van der Waals surface area contributed by atoms with Gasteiger partial charge in [-0.1, -0.05) is 34.9 Å². The Morgan fingerprint density at radius 3 is 1.63 bits per heavy atom. The molecule has 3 aromatic rings. The van der Waals surface area contributed by atoms with Gasteiger partial charge in [-0.15, -0.1) is 10.2 Å². The quantitative estimate of drug-likeness (QED) is 0.127. The number of carbonyl (C=O) groups excluding carboxylic acids is 2. The van der Waals surface area contributed by atoms with E-state index in [1.165, 1.54) is 48.0 Å². The van der Waals surface area contributed by atoms with Crippen LogP contribution in [-0.2, 0) is 9.59 Å². The average molecular weight is 535 g/mol. The number of aromatic nitrogens is 2. The SMILES string of the molecule is O=C(CSc1nnc(SCC(=O)N/N=C/c2ccc(O)cc2O)s1)N/N=C/c1ccc(O)cc1O. The first kappa shape index (κ1) is 25.8. The molecule has 0 spiro atoms. The number of phenols is 4. The summed E-state index contributed by atoms with van der Waals surface area (Å²) in [7, 11) is 0. The molecule has 0 saturated carbocycles. The number of nitrogens with one attached hydrogen (secondary N) is 2. The molecule has 0 saturated heterocycles. The molecule has 35 heavy (non-hydrogen) atoms. The van der Waals surface area contributed by atoms with Gasteiger partial charge >= 0.3 is 0 Å². The first-order valence-corrected chi connectivity index (χ1v) is 12.4. The zero-order chi connectivity index (χ0) is 25.2. The minimum Gasteiger partial charge on any atom is -0.508 e. The standard InChI is InChI=1S/C20H18N6O6S3/c27-13-3-1-11(15(29)5-13)7-21-23-17(31)9-33-19-25-26-20(35-19)34-10-18(32)24-22-8-12-2-4-14(28)6-16(12)30/h1-8,27-30H,9-10H2,(H,23,31)(H,24,32)/b21-7+,22-8+. The fourth-order valence-corrected chi connectivity index (χ4v) is 4.87. The van der Waals surface area contributed by atoms with Gasteiger partial charge in [-0.05, 0) is 24.3 Å². The lowest BCUT2D eigenvalue weighted by molar-refractivity contribution is -0.119. The number of aromatic hydroxyl groups is 4. The van der Waals surface area contributed by atoms with Crippen molar-refractivity contribution in [1.82, 2.24) is 21.0 Å². The summed E-state index contributed by atoms with van der Waals surface area (Å²) in [5.74, 6) is -1.26. The molecule has 0 atom stereocenters. The maximum Gasteiger partial charge on any atom is 0.250 e. The van der Waals surface area contributed by atoms with Gasteiger partial charge in [0.1, 0.15) is 23.0 Å². The summed E-state index contributed by atoms with van der Waals surface area (Å²) in [6.45, 7) is 0. The normalized spacial score (nSPS) is 11.2. The van der Waals surface area contributed by atoms with Crippen LogP contribution in [0, 0.1) is 0 Å². The topological polar surface area (TPSA) is 190 Å². The summed E-state index contributed by atoms with van der Waals surface area (Å²) < 4.78 is 1.06. The van der Waals surface area contributed by atoms with Crippen LogP contribution in [0.3, 0.4) is 0 Å². The zero-order valence-corrected chi connectivity index (χ0v) is 20.1. The lowest BCUT2D eigenvalue weighted by atomic mass is 10.2. The predicted octanol–water partition coefficient (Wildman–Crippen LogP) is 1.85. The maximum absolute atomic E-state index is 11.9. The number of amides is 2. The molecular formula is C20H18N6O6S3. The van der Waals surface area contributed by atoms with Crippen molar-refractivity contribution >= 4 is 59.1 Å². The maximum atomic E-state index is 11.9. The van der Waals surface area contributed by atoms with Gasteiger partial charge in [0.05, 0.1) is 23.9 Å². The van der Waals surface area contributed by atoms with E-state index in [-0.39, 0.29) is 34.5 Å². The highest BCUT2D eigenvalue weighted by Crippen LogP contribution is 2.28. The van der Waals surface area contributed by atoms with Gasteiger partial charge in [-0.2, -0.15) is 10.2 Å². The number of hydrogen-bond acceptors (Lipinski definition) is 13. The molecule has 6 N–H and O–H groups in total. The molecule has 1 aromatic heterocycles. The Labute approximate surface area is 210 Å². The molecule has 0 aliphatic heterocycles. The van der Waals surface area contributed by atoms with Gasteiger partial charge in [-0.3, -0.25) is 9.59 Å². The monoisotopic (exact) mass is 534 g/mol. The molecule has 0 aliphatic rings. The number of carbonyl (C=O) groups is 2. The minimum absolute atomic E-state index is 0.0253. The Bertz CT molecular complexity index is 1170. The average Bonchev–Trinajstić information content (AvgIpc) is 3.27. The summed E-state index contributed by atoms with van der Waals surface area (Å²) in [4.78, 5) is 23.8. The first-order chi connectivity index (χ1) is 16.8. The summed E-state index contributed by atoms with van der Waals surface area (Å²) in [5.41, 5.74) is 5.30. The molecule has 12 nitrogen and oxygen atoms in total. The van der Waals surface area contributed by atoms with Crippen LogP contribution in [0.25, 0.3) is 0 Å². The van der Waals surface area contributed by atoms with Crippen molar-refractivity contribution in [3.63, 3.8) is 0 Å². The Hall–Kier alpha value is -3.82. The van der Waals surface area contributed by atoms with E-state index < -0.39 is 11.8 Å². The molecule has 15 heteroatoms. The third-order valence-electron chi connectivity index (χ3n) is 3.86. The fraction of sp³-hybridized carbons (Fsp3) is 0.100. The van der Waals surface area contributed by atoms with Crippen molar-refractivity contribution < 1.29 is 30.0 Å². The summed E-state index contributed by atoms with van der Waals surface area (Å²) in [5, 5.41) is 53.3. The number of thioether (sulfide) groups is 2. The van der Waals surface area contributed by atoms with E-state index in [4.69, 9.17) is 0 Å². The highest BCUT2D eigenvalue weighted by molar-refractivity contribution is 8.03. The second kappa shape index (κ2) is 12.6. The predicted molar refractivity (Wildman–Crippen MR) is 132 cm³/mol. The number of phenolic OH excluding ortho intramolecular Hbond substituents is 4. The first-order valence-electron chi connectivity index (χ1n) is 9.57. The van der Waals surface area contributed by atoms with Crippen LogP contribution in [0.2, 0.25) is 0 Å². The van der Waals surface area contributed by atoms with Crippen LogP contribution in [0.1, 0.15) is 11.1 Å². The van der Waals surface area contributed by atoms with E-state index in [9.17, 15) is 30.0 Å². The lowest BCUT2D eigenvalue weighted by Crippen LogP contribution is -2.19. The van der Waals surface area contributed by atoms with Crippen LogP contribution in [-0.4, -0.2) is 66.4 Å². The Balaban J connectivity index is 1.37. The molecule has 182 valence electrons. The van der Waals surface area contributed by atoms with E-state index in [1.807, 2.05) is 0 Å². The van der Waals surface area contributed by atoms with Crippen molar-refractivity contribution in [1.29, 1.82) is 0 Å². The Morgan fingerprint density at radius 1 is 0.800 bits per heavy atom. The summed E-state index contributed by atoms with van der Waals surface area (Å²) in [6.07, 6.45) is 2.50. The van der Waals surface area contributed by atoms with Gasteiger partial charge in [0.25, 0.3) is 11.8 Å². The van der Waals surface area contributed by atoms with Gasteiger partial charge in [-0.25, -0.2) is 10.9 Å². The largest absolute Gasteiger partial charge is 0.508 e. The van der Waals surface area contributed by atoms with E-state index in [0.29, 0.717) is 19.8 Å². The van der Waals surface area contributed by atoms with Crippen LogP contribution in [0.5, 0.6) is 23.0 Å². The van der Waals surface area contributed by atoms with Gasteiger partial charge < -0.3 is 20.4 Å². The molecule has 0 aliphatic carbocycles. The van der Waals surface area contributed by atoms with Crippen molar-refractivity contribution in [2.75, 3.05) is 11.5 Å². The highest BCUT2D eigenvalue weighted by atomic mass is 32.2. The minimum atomic E-state index is -0.397. The fourth-order valence-electron chi connectivity index (χ4n) is 2.26. The molecule has 0 unspecified atom stereocenters. The molecule has 0 fully saturated rings. The zero-order valence-electron chi connectivity index (χ0n) is 17.7. The number of hydrazone groups is 2. The number of nitrogens with zero attached hydrogens (tertiary/aromatic N) is 4. The Morgan fingerprint density at radius 2 is 1.23 bits per heavy atom. The van der Waals surface area contributed by atoms with Crippen LogP contribution in [0.15, 0.2) is 55.3 Å². The smallest absolute Gasteiger partial charge is 0.250 e. The summed E-state index contributed by atoms with van der Waals surface area (Å²) in [6, 6.07) is 7.97. The lowest BCUT2D eigenvalue weighted by Gasteiger charge is -2.00. The van der Waals surface area contributed by atoms with Crippen molar-refractivity contribution in [2.24, 2.45) is 10.2 Å². The highest BCUT2D eigenvalue weighted by Gasteiger charge is 2.10. The summed E-state index contributed by atoms with van der Waals surface area (Å²) >= 11 is 3.51. The van der Waals surface area contributed by atoms with E-state index in [0.717, 1.165) is 35.7 Å². The third-order valence-corrected chi connectivity index (χ3v) is 7.05. The van der Waals surface area contributed by atoms with E-state index in [1.54, 1.807) is 0 Å². The number of benzene rings is 2. The molecule has 2 amide bonds. The number of hydrogen-bond donors (Lipinski definition) is 6. The number of rotatable bonds is 10. The van der Waals surface area contributed by atoms with Crippen LogP contribution in [0.4, 0.5) is 0 Å². The van der Waals surface area contributed by atoms with Gasteiger partial charge in [0.15, 0.2) is 8.68 Å². The van der Waals surface area contributed by atoms with Crippen molar-refractivity contribution in [2.45, 2.75) is 8.68 Å². The second-order valence-corrected chi connectivity index (χ2v) is 9.91.